The van der Waals surface area contributed by atoms with Crippen molar-refractivity contribution in [2.24, 2.45) is 12.0 Å². The molecular formula is C19H33N5O3. The number of morpholine rings is 1. The van der Waals surface area contributed by atoms with E-state index in [1.165, 1.54) is 0 Å². The maximum atomic E-state index is 5.93. The van der Waals surface area contributed by atoms with Crippen molar-refractivity contribution in [2.75, 3.05) is 52.6 Å². The third-order valence-electron chi connectivity index (χ3n) is 4.83. The van der Waals surface area contributed by atoms with Gasteiger partial charge in [-0.15, -0.1) is 0 Å². The average Bonchev–Trinajstić information content (AvgIpc) is 3.35. The molecule has 2 aliphatic rings. The van der Waals surface area contributed by atoms with Gasteiger partial charge in [0.1, 0.15) is 6.10 Å². The predicted molar refractivity (Wildman–Crippen MR) is 104 cm³/mol. The van der Waals surface area contributed by atoms with Crippen molar-refractivity contribution in [3.8, 4) is 0 Å². The van der Waals surface area contributed by atoms with Crippen LogP contribution in [0.2, 0.25) is 0 Å². The average molecular weight is 380 g/mol. The number of guanidine groups is 1. The minimum atomic E-state index is 0.0334. The van der Waals surface area contributed by atoms with Gasteiger partial charge in [-0.25, -0.2) is 0 Å². The van der Waals surface area contributed by atoms with Crippen molar-refractivity contribution in [2.45, 2.75) is 38.4 Å². The second-order valence-electron chi connectivity index (χ2n) is 7.05. The molecule has 0 bridgehead atoms. The zero-order valence-electron chi connectivity index (χ0n) is 16.6. The number of aryl methyl sites for hydroxylation is 1. The van der Waals surface area contributed by atoms with Gasteiger partial charge in [-0.1, -0.05) is 0 Å². The summed E-state index contributed by atoms with van der Waals surface area (Å²) in [6.45, 7) is 8.33. The first-order valence-corrected chi connectivity index (χ1v) is 10.1. The molecule has 2 fully saturated rings. The molecule has 3 heterocycles. The van der Waals surface area contributed by atoms with Gasteiger partial charge < -0.3 is 24.4 Å². The second kappa shape index (κ2) is 10.6. The van der Waals surface area contributed by atoms with E-state index in [0.29, 0.717) is 19.3 Å². The van der Waals surface area contributed by atoms with Gasteiger partial charge in [-0.05, 0) is 26.2 Å². The van der Waals surface area contributed by atoms with Gasteiger partial charge in [0.25, 0.3) is 0 Å². The summed E-state index contributed by atoms with van der Waals surface area (Å²) in [6, 6.07) is 0. The molecule has 0 aromatic carbocycles. The molecule has 0 radical (unpaired) electrons. The lowest BCUT2D eigenvalue weighted by Crippen LogP contribution is -2.48. The topological polar surface area (TPSA) is 73.1 Å². The quantitative estimate of drug-likeness (QED) is 0.418. The standard InChI is InChI=1S/C19H33N5O3/c1-3-20-19(21-7-5-9-25-15-17-6-4-10-26-17)24-8-11-27-18(14-24)16-12-22-23(2)13-16/h12-13,17-18H,3-11,14-15H2,1-2H3,(H,20,21). The first-order chi connectivity index (χ1) is 13.3. The molecule has 2 unspecified atom stereocenters. The molecule has 27 heavy (non-hydrogen) atoms. The molecule has 3 rings (SSSR count). The Balaban J connectivity index is 1.44. The van der Waals surface area contributed by atoms with Gasteiger partial charge in [0, 0.05) is 51.7 Å². The highest BCUT2D eigenvalue weighted by atomic mass is 16.5. The van der Waals surface area contributed by atoms with Crippen LogP contribution in [0, 0.1) is 0 Å². The summed E-state index contributed by atoms with van der Waals surface area (Å²) < 4.78 is 19.0. The molecule has 8 nitrogen and oxygen atoms in total. The summed E-state index contributed by atoms with van der Waals surface area (Å²) in [5, 5.41) is 7.66. The van der Waals surface area contributed by atoms with Crippen molar-refractivity contribution in [3.63, 3.8) is 0 Å². The highest BCUT2D eigenvalue weighted by Crippen LogP contribution is 2.21. The van der Waals surface area contributed by atoms with E-state index in [1.807, 2.05) is 24.1 Å². The zero-order valence-corrected chi connectivity index (χ0v) is 16.6. The van der Waals surface area contributed by atoms with Gasteiger partial charge in [-0.3, -0.25) is 9.67 Å². The lowest BCUT2D eigenvalue weighted by Gasteiger charge is -2.34. The van der Waals surface area contributed by atoms with Crippen molar-refractivity contribution >= 4 is 5.96 Å². The van der Waals surface area contributed by atoms with Crippen LogP contribution < -0.4 is 5.32 Å². The minimum absolute atomic E-state index is 0.0334. The first kappa shape index (κ1) is 20.1. The number of nitrogens with one attached hydrogen (secondary N) is 1. The van der Waals surface area contributed by atoms with Gasteiger partial charge in [0.15, 0.2) is 5.96 Å². The van der Waals surface area contributed by atoms with E-state index in [9.17, 15) is 0 Å². The predicted octanol–water partition coefficient (Wildman–Crippen LogP) is 1.34. The number of nitrogens with zero attached hydrogens (tertiary/aromatic N) is 4. The molecule has 0 spiro atoms. The summed E-state index contributed by atoms with van der Waals surface area (Å²) in [5.74, 6) is 0.953. The fourth-order valence-electron chi connectivity index (χ4n) is 3.42. The molecular weight excluding hydrogens is 346 g/mol. The summed E-state index contributed by atoms with van der Waals surface area (Å²) in [7, 11) is 1.93. The lowest BCUT2D eigenvalue weighted by molar-refractivity contribution is -0.00808. The van der Waals surface area contributed by atoms with Gasteiger partial charge >= 0.3 is 0 Å². The van der Waals surface area contributed by atoms with E-state index >= 15 is 0 Å². The number of aliphatic imine (C=N–C) groups is 1. The molecule has 0 saturated carbocycles. The molecule has 0 amide bonds. The van der Waals surface area contributed by atoms with E-state index in [2.05, 4.69) is 22.2 Å². The smallest absolute Gasteiger partial charge is 0.194 e. The normalized spacial score (nSPS) is 23.8. The van der Waals surface area contributed by atoms with Crippen LogP contribution in [0.3, 0.4) is 0 Å². The van der Waals surface area contributed by atoms with E-state index in [4.69, 9.17) is 19.2 Å². The molecule has 1 aromatic rings. The van der Waals surface area contributed by atoms with E-state index in [-0.39, 0.29) is 6.10 Å². The maximum Gasteiger partial charge on any atom is 0.194 e. The zero-order chi connectivity index (χ0) is 18.9. The molecule has 2 atom stereocenters. The Bertz CT molecular complexity index is 586. The molecule has 8 heteroatoms. The van der Waals surface area contributed by atoms with Crippen LogP contribution in [0.4, 0.5) is 0 Å². The Morgan fingerprint density at radius 1 is 1.41 bits per heavy atom. The van der Waals surface area contributed by atoms with Gasteiger partial charge in [-0.2, -0.15) is 5.10 Å². The number of aromatic nitrogens is 2. The third-order valence-corrected chi connectivity index (χ3v) is 4.83. The fourth-order valence-corrected chi connectivity index (χ4v) is 3.42. The van der Waals surface area contributed by atoms with Crippen molar-refractivity contribution in [3.05, 3.63) is 18.0 Å². The molecule has 1 N–H and O–H groups in total. The summed E-state index contributed by atoms with van der Waals surface area (Å²) in [5.41, 5.74) is 1.11. The highest BCUT2D eigenvalue weighted by Gasteiger charge is 2.25. The van der Waals surface area contributed by atoms with Crippen molar-refractivity contribution < 1.29 is 14.2 Å². The van der Waals surface area contributed by atoms with Crippen molar-refractivity contribution in [1.82, 2.24) is 20.0 Å². The van der Waals surface area contributed by atoms with E-state index < -0.39 is 0 Å². The monoisotopic (exact) mass is 379 g/mol. The Hall–Kier alpha value is -1.64. The molecule has 1 aromatic heterocycles. The Morgan fingerprint density at radius 3 is 3.07 bits per heavy atom. The maximum absolute atomic E-state index is 5.93. The number of hydrogen-bond donors (Lipinski definition) is 1. The van der Waals surface area contributed by atoms with Crippen LogP contribution in [0.25, 0.3) is 0 Å². The van der Waals surface area contributed by atoms with Crippen LogP contribution >= 0.6 is 0 Å². The molecule has 0 aliphatic carbocycles. The third kappa shape index (κ3) is 6.19. The Morgan fingerprint density at radius 2 is 2.33 bits per heavy atom. The van der Waals surface area contributed by atoms with Crippen LogP contribution in [0.1, 0.15) is 37.9 Å². The van der Waals surface area contributed by atoms with Crippen LogP contribution in [-0.4, -0.2) is 79.4 Å². The number of hydrogen-bond acceptors (Lipinski definition) is 5. The molecule has 2 saturated heterocycles. The SMILES string of the molecule is CCNC(=NCCCOCC1CCCO1)N1CCOC(c2cnn(C)c2)C1. The number of rotatable bonds is 8. The van der Waals surface area contributed by atoms with E-state index in [0.717, 1.165) is 70.2 Å². The molecule has 152 valence electrons. The van der Waals surface area contributed by atoms with E-state index in [1.54, 1.807) is 0 Å². The van der Waals surface area contributed by atoms with Crippen LogP contribution in [-0.2, 0) is 21.3 Å². The van der Waals surface area contributed by atoms with Gasteiger partial charge in [0.05, 0.1) is 32.1 Å². The minimum Gasteiger partial charge on any atom is -0.379 e. The van der Waals surface area contributed by atoms with Crippen LogP contribution in [0.15, 0.2) is 17.4 Å². The lowest BCUT2D eigenvalue weighted by atomic mass is 10.1. The fraction of sp³-hybridized carbons (Fsp3) is 0.789. The largest absolute Gasteiger partial charge is 0.379 e. The van der Waals surface area contributed by atoms with Crippen molar-refractivity contribution in [1.29, 1.82) is 0 Å². The van der Waals surface area contributed by atoms with Crippen LogP contribution in [0.5, 0.6) is 0 Å². The molecule has 2 aliphatic heterocycles. The van der Waals surface area contributed by atoms with Gasteiger partial charge in [0.2, 0.25) is 0 Å². The number of ether oxygens (including phenoxy) is 3. The highest BCUT2D eigenvalue weighted by molar-refractivity contribution is 5.80. The second-order valence-corrected chi connectivity index (χ2v) is 7.05. The Labute approximate surface area is 161 Å². The summed E-state index contributed by atoms with van der Waals surface area (Å²) in [6.07, 6.45) is 7.42. The Kier molecular flexibility index (Phi) is 7.92. The first-order valence-electron chi connectivity index (χ1n) is 10.1. The summed E-state index contributed by atoms with van der Waals surface area (Å²) >= 11 is 0. The summed E-state index contributed by atoms with van der Waals surface area (Å²) in [4.78, 5) is 7.06.